The Bertz CT molecular complexity index is 353. The standard InChI is InChI=1S/C11H20N4O2/c1-8(2)12-6-10-13-14-11(17-10)15-5-4-9(7-15)16-3/h8-9,12H,4-7H2,1-3H3. The van der Waals surface area contributed by atoms with Crippen LogP contribution in [0.3, 0.4) is 0 Å². The zero-order valence-corrected chi connectivity index (χ0v) is 10.6. The lowest BCUT2D eigenvalue weighted by Gasteiger charge is -2.11. The second-order valence-electron chi connectivity index (χ2n) is 4.61. The van der Waals surface area contributed by atoms with Gasteiger partial charge >= 0.3 is 6.01 Å². The Labute approximate surface area is 101 Å². The zero-order valence-electron chi connectivity index (χ0n) is 10.6. The maximum atomic E-state index is 5.60. The van der Waals surface area contributed by atoms with Crippen molar-refractivity contribution in [1.29, 1.82) is 0 Å². The molecule has 1 aliphatic heterocycles. The number of hydrogen-bond donors (Lipinski definition) is 1. The van der Waals surface area contributed by atoms with Gasteiger partial charge in [-0.25, -0.2) is 0 Å². The number of aromatic nitrogens is 2. The van der Waals surface area contributed by atoms with Gasteiger partial charge in [-0.15, -0.1) is 5.10 Å². The molecule has 6 nitrogen and oxygen atoms in total. The molecule has 1 aromatic heterocycles. The summed E-state index contributed by atoms with van der Waals surface area (Å²) in [7, 11) is 1.74. The fourth-order valence-corrected chi connectivity index (χ4v) is 1.83. The summed E-state index contributed by atoms with van der Waals surface area (Å²) in [5.74, 6) is 0.634. The second-order valence-corrected chi connectivity index (χ2v) is 4.61. The van der Waals surface area contributed by atoms with Crippen molar-refractivity contribution in [3.63, 3.8) is 0 Å². The first-order valence-electron chi connectivity index (χ1n) is 6.02. The molecule has 1 aromatic rings. The fraction of sp³-hybridized carbons (Fsp3) is 0.818. The largest absolute Gasteiger partial charge is 0.407 e. The first kappa shape index (κ1) is 12.3. The Hall–Kier alpha value is -1.14. The molecule has 1 unspecified atom stereocenters. The third-order valence-electron chi connectivity index (χ3n) is 2.87. The van der Waals surface area contributed by atoms with Gasteiger partial charge in [-0.3, -0.25) is 0 Å². The molecular formula is C11H20N4O2. The molecule has 1 saturated heterocycles. The van der Waals surface area contributed by atoms with E-state index in [4.69, 9.17) is 9.15 Å². The Morgan fingerprint density at radius 2 is 2.35 bits per heavy atom. The van der Waals surface area contributed by atoms with Gasteiger partial charge in [0.2, 0.25) is 5.89 Å². The molecule has 2 rings (SSSR count). The predicted molar refractivity (Wildman–Crippen MR) is 63.9 cm³/mol. The van der Waals surface area contributed by atoms with E-state index in [1.54, 1.807) is 7.11 Å². The highest BCUT2D eigenvalue weighted by Gasteiger charge is 2.25. The van der Waals surface area contributed by atoms with Crippen LogP contribution in [-0.2, 0) is 11.3 Å². The molecule has 0 bridgehead atoms. The number of methoxy groups -OCH3 is 1. The van der Waals surface area contributed by atoms with Gasteiger partial charge in [0.15, 0.2) is 0 Å². The highest BCUT2D eigenvalue weighted by atomic mass is 16.5. The van der Waals surface area contributed by atoms with Crippen molar-refractivity contribution < 1.29 is 9.15 Å². The molecule has 0 spiro atoms. The van der Waals surface area contributed by atoms with Crippen LogP contribution in [-0.4, -0.2) is 42.5 Å². The van der Waals surface area contributed by atoms with E-state index < -0.39 is 0 Å². The molecule has 1 atom stereocenters. The normalized spacial score (nSPS) is 20.5. The van der Waals surface area contributed by atoms with Crippen LogP contribution < -0.4 is 10.2 Å². The van der Waals surface area contributed by atoms with Crippen molar-refractivity contribution in [2.45, 2.75) is 39.0 Å². The Morgan fingerprint density at radius 1 is 1.53 bits per heavy atom. The van der Waals surface area contributed by atoms with Gasteiger partial charge in [0.05, 0.1) is 12.6 Å². The number of nitrogens with one attached hydrogen (secondary N) is 1. The van der Waals surface area contributed by atoms with E-state index >= 15 is 0 Å². The molecular weight excluding hydrogens is 220 g/mol. The Kier molecular flexibility index (Phi) is 3.96. The molecule has 0 aliphatic carbocycles. The SMILES string of the molecule is COC1CCN(c2nnc(CNC(C)C)o2)C1. The van der Waals surface area contributed by atoms with Gasteiger partial charge < -0.3 is 19.4 Å². The summed E-state index contributed by atoms with van der Waals surface area (Å²) in [6, 6.07) is 1.01. The molecule has 2 heterocycles. The molecule has 6 heteroatoms. The molecule has 0 amide bonds. The van der Waals surface area contributed by atoms with Crippen molar-refractivity contribution >= 4 is 6.01 Å². The third kappa shape index (κ3) is 3.17. The second kappa shape index (κ2) is 5.46. The summed E-state index contributed by atoms with van der Waals surface area (Å²) in [4.78, 5) is 2.07. The molecule has 0 aromatic carbocycles. The van der Waals surface area contributed by atoms with E-state index in [9.17, 15) is 0 Å². The van der Waals surface area contributed by atoms with Crippen LogP contribution in [0, 0.1) is 0 Å². The summed E-state index contributed by atoms with van der Waals surface area (Å²) >= 11 is 0. The Morgan fingerprint density at radius 3 is 3.00 bits per heavy atom. The van der Waals surface area contributed by atoms with Gasteiger partial charge in [0.1, 0.15) is 0 Å². The molecule has 1 N–H and O–H groups in total. The average Bonchev–Trinajstić information content (AvgIpc) is 2.94. The van der Waals surface area contributed by atoms with Gasteiger partial charge in [0, 0.05) is 26.2 Å². The summed E-state index contributed by atoms with van der Waals surface area (Å²) in [5, 5.41) is 11.3. The summed E-state index contributed by atoms with van der Waals surface area (Å²) < 4.78 is 10.9. The molecule has 0 saturated carbocycles. The van der Waals surface area contributed by atoms with E-state index in [2.05, 4.69) is 34.3 Å². The van der Waals surface area contributed by atoms with Crippen LogP contribution >= 0.6 is 0 Å². The van der Waals surface area contributed by atoms with E-state index in [0.717, 1.165) is 19.5 Å². The third-order valence-corrected chi connectivity index (χ3v) is 2.87. The predicted octanol–water partition coefficient (Wildman–Crippen LogP) is 0.793. The lowest BCUT2D eigenvalue weighted by Crippen LogP contribution is -2.22. The van der Waals surface area contributed by atoms with Crippen LogP contribution in [0.25, 0.3) is 0 Å². The van der Waals surface area contributed by atoms with E-state index in [0.29, 0.717) is 24.5 Å². The number of hydrogen-bond acceptors (Lipinski definition) is 6. The van der Waals surface area contributed by atoms with Crippen LogP contribution in [0.2, 0.25) is 0 Å². The first-order valence-corrected chi connectivity index (χ1v) is 6.02. The van der Waals surface area contributed by atoms with E-state index in [1.807, 2.05) is 0 Å². The maximum Gasteiger partial charge on any atom is 0.318 e. The van der Waals surface area contributed by atoms with Gasteiger partial charge in [-0.2, -0.15) is 0 Å². The fourth-order valence-electron chi connectivity index (χ4n) is 1.83. The van der Waals surface area contributed by atoms with Gasteiger partial charge in [0.25, 0.3) is 0 Å². The average molecular weight is 240 g/mol. The molecule has 1 fully saturated rings. The topological polar surface area (TPSA) is 63.4 Å². The van der Waals surface area contributed by atoms with Crippen molar-refractivity contribution in [2.75, 3.05) is 25.1 Å². The lowest BCUT2D eigenvalue weighted by molar-refractivity contribution is 0.120. The maximum absolute atomic E-state index is 5.60. The minimum atomic E-state index is 0.277. The number of rotatable bonds is 5. The van der Waals surface area contributed by atoms with E-state index in [1.165, 1.54) is 0 Å². The lowest BCUT2D eigenvalue weighted by atomic mass is 10.3. The van der Waals surface area contributed by atoms with Crippen molar-refractivity contribution in [3.05, 3.63) is 5.89 Å². The number of nitrogens with zero attached hydrogens (tertiary/aromatic N) is 3. The van der Waals surface area contributed by atoms with E-state index in [-0.39, 0.29) is 6.10 Å². The van der Waals surface area contributed by atoms with Gasteiger partial charge in [-0.1, -0.05) is 18.9 Å². The van der Waals surface area contributed by atoms with Crippen LogP contribution in [0.4, 0.5) is 6.01 Å². The smallest absolute Gasteiger partial charge is 0.318 e. The minimum absolute atomic E-state index is 0.277. The molecule has 96 valence electrons. The van der Waals surface area contributed by atoms with Crippen LogP contribution in [0.15, 0.2) is 4.42 Å². The molecule has 0 radical (unpaired) electrons. The monoisotopic (exact) mass is 240 g/mol. The Balaban J connectivity index is 1.90. The molecule has 1 aliphatic rings. The van der Waals surface area contributed by atoms with Gasteiger partial charge in [-0.05, 0) is 6.42 Å². The summed E-state index contributed by atoms with van der Waals surface area (Å²) in [5.41, 5.74) is 0. The zero-order chi connectivity index (χ0) is 12.3. The first-order chi connectivity index (χ1) is 8.19. The number of ether oxygens (including phenoxy) is 1. The number of anilines is 1. The van der Waals surface area contributed by atoms with Crippen molar-refractivity contribution in [1.82, 2.24) is 15.5 Å². The summed E-state index contributed by atoms with van der Waals surface area (Å²) in [6.07, 6.45) is 1.29. The van der Waals surface area contributed by atoms with Crippen LogP contribution in [0.1, 0.15) is 26.2 Å². The van der Waals surface area contributed by atoms with Crippen molar-refractivity contribution in [2.24, 2.45) is 0 Å². The minimum Gasteiger partial charge on any atom is -0.407 e. The highest BCUT2D eigenvalue weighted by molar-refractivity contribution is 5.26. The van der Waals surface area contributed by atoms with Crippen molar-refractivity contribution in [3.8, 4) is 0 Å². The molecule has 17 heavy (non-hydrogen) atoms. The van der Waals surface area contributed by atoms with Crippen LogP contribution in [0.5, 0.6) is 0 Å². The quantitative estimate of drug-likeness (QED) is 0.821. The highest BCUT2D eigenvalue weighted by Crippen LogP contribution is 2.19. The summed E-state index contributed by atoms with van der Waals surface area (Å²) in [6.45, 7) is 6.53.